The van der Waals surface area contributed by atoms with Crippen LogP contribution in [0.15, 0.2) is 18.2 Å². The highest BCUT2D eigenvalue weighted by Gasteiger charge is 2.27. The number of thiazole rings is 1. The highest BCUT2D eigenvalue weighted by molar-refractivity contribution is 7.16. The predicted molar refractivity (Wildman–Crippen MR) is 114 cm³/mol. The van der Waals surface area contributed by atoms with Crippen molar-refractivity contribution in [1.82, 2.24) is 4.98 Å². The van der Waals surface area contributed by atoms with E-state index >= 15 is 0 Å². The molecule has 2 aromatic rings. The Morgan fingerprint density at radius 1 is 1.26 bits per heavy atom. The summed E-state index contributed by atoms with van der Waals surface area (Å²) in [6.07, 6.45) is 7.46. The number of carbonyl (C=O) groups excluding carboxylic acids is 1. The molecule has 0 atom stereocenters. The van der Waals surface area contributed by atoms with Gasteiger partial charge in [-0.1, -0.05) is 39.2 Å². The Balaban J connectivity index is 1.55. The zero-order valence-corrected chi connectivity index (χ0v) is 17.4. The number of amides is 1. The molecule has 1 aromatic heterocycles. The van der Waals surface area contributed by atoms with Gasteiger partial charge in [0.25, 0.3) is 0 Å². The fraction of sp³-hybridized carbons (Fsp3) is 0.545. The number of benzene rings is 1. The van der Waals surface area contributed by atoms with Crippen LogP contribution in [0.2, 0.25) is 0 Å². The summed E-state index contributed by atoms with van der Waals surface area (Å²) in [6.45, 7) is 6.88. The smallest absolute Gasteiger partial charge is 0.229 e. The molecule has 27 heavy (non-hydrogen) atoms. The van der Waals surface area contributed by atoms with Gasteiger partial charge >= 0.3 is 0 Å². The van der Waals surface area contributed by atoms with Crippen LogP contribution in [0.25, 0.3) is 11.3 Å². The van der Waals surface area contributed by atoms with Crippen LogP contribution in [-0.2, 0) is 11.2 Å². The largest absolute Gasteiger partial charge is 0.359 e. The van der Waals surface area contributed by atoms with Crippen LogP contribution in [0.4, 0.5) is 10.8 Å². The van der Waals surface area contributed by atoms with Gasteiger partial charge in [-0.05, 0) is 43.9 Å². The summed E-state index contributed by atoms with van der Waals surface area (Å²) < 4.78 is 0. The summed E-state index contributed by atoms with van der Waals surface area (Å²) >= 11 is 1.76. The summed E-state index contributed by atoms with van der Waals surface area (Å²) in [5.74, 6) is 0.245. The summed E-state index contributed by atoms with van der Waals surface area (Å²) in [5.41, 5.74) is 4.58. The minimum Gasteiger partial charge on any atom is -0.359 e. The number of fused-ring (bicyclic) bond motifs is 1. The quantitative estimate of drug-likeness (QED) is 0.768. The molecular formula is C22H29N3OS. The fourth-order valence-corrected chi connectivity index (χ4v) is 5.15. The van der Waals surface area contributed by atoms with Crippen molar-refractivity contribution >= 4 is 28.1 Å². The lowest BCUT2D eigenvalue weighted by Crippen LogP contribution is -2.32. The molecule has 0 spiro atoms. The van der Waals surface area contributed by atoms with E-state index in [1.165, 1.54) is 42.5 Å². The highest BCUT2D eigenvalue weighted by atomic mass is 32.1. The molecule has 1 aromatic carbocycles. The molecule has 1 fully saturated rings. The van der Waals surface area contributed by atoms with Crippen molar-refractivity contribution < 1.29 is 4.79 Å². The van der Waals surface area contributed by atoms with Gasteiger partial charge in [0.05, 0.1) is 5.69 Å². The van der Waals surface area contributed by atoms with Crippen molar-refractivity contribution in [3.63, 3.8) is 0 Å². The van der Waals surface area contributed by atoms with Crippen LogP contribution >= 0.6 is 11.3 Å². The standard InChI is InChI=1S/C22H29N3OS/c1-14(2)21(26)25-12-11-16-13-17(9-10-19(16)25)20-15(3)27-22(24-20)23-18-7-5-4-6-8-18/h9-10,13-14,18H,4-8,11-12H2,1-3H3,(H,23,24). The van der Waals surface area contributed by atoms with E-state index in [0.717, 1.165) is 35.0 Å². The first-order valence-electron chi connectivity index (χ1n) is 10.2. The molecule has 0 unspecified atom stereocenters. The zero-order chi connectivity index (χ0) is 19.0. The number of rotatable bonds is 4. The summed E-state index contributed by atoms with van der Waals surface area (Å²) in [5, 5.41) is 4.70. The van der Waals surface area contributed by atoms with Crippen LogP contribution in [0.1, 0.15) is 56.4 Å². The first kappa shape index (κ1) is 18.5. The number of hydrogen-bond acceptors (Lipinski definition) is 4. The molecule has 4 rings (SSSR count). The molecule has 0 radical (unpaired) electrons. The maximum Gasteiger partial charge on any atom is 0.229 e. The Labute approximate surface area is 166 Å². The van der Waals surface area contributed by atoms with Gasteiger partial charge in [0.1, 0.15) is 0 Å². The summed E-state index contributed by atoms with van der Waals surface area (Å²) in [6, 6.07) is 7.03. The van der Waals surface area contributed by atoms with E-state index < -0.39 is 0 Å². The van der Waals surface area contributed by atoms with Gasteiger partial charge in [0.2, 0.25) is 5.91 Å². The van der Waals surface area contributed by atoms with Gasteiger partial charge in [-0.3, -0.25) is 4.79 Å². The van der Waals surface area contributed by atoms with Gasteiger partial charge in [-0.15, -0.1) is 11.3 Å². The molecule has 0 saturated heterocycles. The topological polar surface area (TPSA) is 45.2 Å². The van der Waals surface area contributed by atoms with E-state index in [0.29, 0.717) is 6.04 Å². The maximum absolute atomic E-state index is 12.4. The Morgan fingerprint density at radius 2 is 2.04 bits per heavy atom. The number of nitrogens with one attached hydrogen (secondary N) is 1. The maximum atomic E-state index is 12.4. The van der Waals surface area contributed by atoms with Crippen molar-refractivity contribution in [2.75, 3.05) is 16.8 Å². The Hall–Kier alpha value is -1.88. The van der Waals surface area contributed by atoms with Crippen LogP contribution in [0.3, 0.4) is 0 Å². The third-order valence-electron chi connectivity index (χ3n) is 5.74. The van der Waals surface area contributed by atoms with Gasteiger partial charge in [0, 0.05) is 34.6 Å². The van der Waals surface area contributed by atoms with Crippen molar-refractivity contribution in [3.8, 4) is 11.3 Å². The molecule has 1 amide bonds. The van der Waals surface area contributed by atoms with Crippen molar-refractivity contribution in [2.24, 2.45) is 5.92 Å². The first-order valence-corrected chi connectivity index (χ1v) is 11.0. The van der Waals surface area contributed by atoms with E-state index in [1.54, 1.807) is 11.3 Å². The molecule has 1 N–H and O–H groups in total. The third kappa shape index (κ3) is 3.75. The van der Waals surface area contributed by atoms with Crippen molar-refractivity contribution in [3.05, 3.63) is 28.6 Å². The SMILES string of the molecule is Cc1sc(NC2CCCCC2)nc1-c1ccc2c(c1)CCN2C(=O)C(C)C. The Kier molecular flexibility index (Phi) is 5.22. The van der Waals surface area contributed by atoms with E-state index in [-0.39, 0.29) is 11.8 Å². The molecule has 5 heteroatoms. The zero-order valence-electron chi connectivity index (χ0n) is 16.5. The molecule has 0 bridgehead atoms. The van der Waals surface area contributed by atoms with Crippen molar-refractivity contribution in [1.29, 1.82) is 0 Å². The van der Waals surface area contributed by atoms with Crippen LogP contribution in [-0.4, -0.2) is 23.5 Å². The molecule has 1 aliphatic carbocycles. The van der Waals surface area contributed by atoms with E-state index in [9.17, 15) is 4.79 Å². The molecule has 4 nitrogen and oxygen atoms in total. The lowest BCUT2D eigenvalue weighted by atomic mass is 9.96. The van der Waals surface area contributed by atoms with Crippen molar-refractivity contribution in [2.45, 2.75) is 65.3 Å². The second-order valence-corrected chi connectivity index (χ2v) is 9.34. The van der Waals surface area contributed by atoms with E-state index in [1.807, 2.05) is 18.7 Å². The predicted octanol–water partition coefficient (Wildman–Crippen LogP) is 5.41. The van der Waals surface area contributed by atoms with Gasteiger partial charge in [-0.25, -0.2) is 4.98 Å². The molecule has 2 heterocycles. The number of anilines is 2. The van der Waals surface area contributed by atoms with Gasteiger partial charge in [-0.2, -0.15) is 0 Å². The average Bonchev–Trinajstić information content (AvgIpc) is 3.24. The molecule has 144 valence electrons. The molecular weight excluding hydrogens is 354 g/mol. The number of aromatic nitrogens is 1. The lowest BCUT2D eigenvalue weighted by Gasteiger charge is -2.22. The first-order chi connectivity index (χ1) is 13.0. The Bertz CT molecular complexity index is 836. The van der Waals surface area contributed by atoms with Gasteiger partial charge < -0.3 is 10.2 Å². The molecule has 1 saturated carbocycles. The minimum absolute atomic E-state index is 0.0323. The van der Waals surface area contributed by atoms with E-state index in [2.05, 4.69) is 30.4 Å². The average molecular weight is 384 g/mol. The lowest BCUT2D eigenvalue weighted by molar-refractivity contribution is -0.121. The van der Waals surface area contributed by atoms with Crippen LogP contribution in [0.5, 0.6) is 0 Å². The number of hydrogen-bond donors (Lipinski definition) is 1. The number of carbonyl (C=O) groups is 1. The number of nitrogens with zero attached hydrogens (tertiary/aromatic N) is 2. The number of aryl methyl sites for hydroxylation is 1. The monoisotopic (exact) mass is 383 g/mol. The third-order valence-corrected chi connectivity index (χ3v) is 6.64. The van der Waals surface area contributed by atoms with E-state index in [4.69, 9.17) is 4.98 Å². The minimum atomic E-state index is 0.0323. The van der Waals surface area contributed by atoms with Crippen LogP contribution < -0.4 is 10.2 Å². The summed E-state index contributed by atoms with van der Waals surface area (Å²) in [4.78, 5) is 20.5. The molecule has 2 aliphatic rings. The summed E-state index contributed by atoms with van der Waals surface area (Å²) in [7, 11) is 0. The fourth-order valence-electron chi connectivity index (χ4n) is 4.24. The van der Waals surface area contributed by atoms with Gasteiger partial charge in [0.15, 0.2) is 5.13 Å². The Morgan fingerprint density at radius 3 is 2.78 bits per heavy atom. The second-order valence-electron chi connectivity index (χ2n) is 8.14. The normalized spacial score (nSPS) is 17.4. The highest BCUT2D eigenvalue weighted by Crippen LogP contribution is 2.36. The second kappa shape index (κ2) is 7.63. The molecule has 1 aliphatic heterocycles. The van der Waals surface area contributed by atoms with Crippen LogP contribution in [0, 0.1) is 12.8 Å².